The number of carbonyl (C=O) groups is 2. The van der Waals surface area contributed by atoms with Crippen LogP contribution in [0.1, 0.15) is 31.2 Å². The van der Waals surface area contributed by atoms with Crippen LogP contribution in [0.4, 0.5) is 4.39 Å². The maximum atomic E-state index is 13.0. The Bertz CT molecular complexity index is 1010. The van der Waals surface area contributed by atoms with Gasteiger partial charge >= 0.3 is 11.8 Å². The number of sulfonamides is 1. The van der Waals surface area contributed by atoms with Gasteiger partial charge in [0.15, 0.2) is 0 Å². The summed E-state index contributed by atoms with van der Waals surface area (Å²) in [4.78, 5) is 24.3. The molecule has 0 bridgehead atoms. The monoisotopic (exact) mass is 461 g/mol. The molecule has 0 aliphatic carbocycles. The van der Waals surface area contributed by atoms with Crippen LogP contribution in [-0.2, 0) is 26.0 Å². The molecule has 1 fully saturated rings. The lowest BCUT2D eigenvalue weighted by molar-refractivity contribution is -0.139. The summed E-state index contributed by atoms with van der Waals surface area (Å²) in [6, 6.07) is 14.0. The van der Waals surface area contributed by atoms with Gasteiger partial charge in [-0.15, -0.1) is 0 Å². The lowest BCUT2D eigenvalue weighted by Gasteiger charge is -2.34. The van der Waals surface area contributed by atoms with E-state index in [1.807, 2.05) is 0 Å². The van der Waals surface area contributed by atoms with E-state index in [1.54, 1.807) is 42.5 Å². The van der Waals surface area contributed by atoms with Crippen LogP contribution in [0.25, 0.3) is 0 Å². The first-order valence-corrected chi connectivity index (χ1v) is 12.2. The van der Waals surface area contributed by atoms with Crippen molar-refractivity contribution in [3.63, 3.8) is 0 Å². The first kappa shape index (κ1) is 23.9. The van der Waals surface area contributed by atoms with Crippen LogP contribution in [0.5, 0.6) is 0 Å². The van der Waals surface area contributed by atoms with Crippen molar-refractivity contribution < 1.29 is 22.4 Å². The Kier molecular flexibility index (Phi) is 8.35. The normalized spacial score (nSPS) is 17.0. The second-order valence-corrected chi connectivity index (χ2v) is 9.65. The molecule has 1 aliphatic heterocycles. The molecule has 32 heavy (non-hydrogen) atoms. The molecule has 1 saturated heterocycles. The third kappa shape index (κ3) is 6.37. The fraction of sp³-hybridized carbons (Fsp3) is 0.391. The predicted molar refractivity (Wildman–Crippen MR) is 119 cm³/mol. The van der Waals surface area contributed by atoms with Crippen molar-refractivity contribution in [1.82, 2.24) is 14.9 Å². The second-order valence-electron chi connectivity index (χ2n) is 7.76. The molecule has 2 N–H and O–H groups in total. The number of hydrogen-bond donors (Lipinski definition) is 2. The lowest BCUT2D eigenvalue weighted by Crippen LogP contribution is -2.46. The molecule has 1 heterocycles. The average Bonchev–Trinajstić information content (AvgIpc) is 2.81. The molecule has 1 atom stereocenters. The fourth-order valence-corrected chi connectivity index (χ4v) is 5.54. The van der Waals surface area contributed by atoms with Crippen LogP contribution in [0, 0.1) is 5.82 Å². The number of carbonyl (C=O) groups excluding carboxylic acids is 2. The van der Waals surface area contributed by atoms with Crippen molar-refractivity contribution in [2.75, 3.05) is 19.6 Å². The molecule has 0 spiro atoms. The van der Waals surface area contributed by atoms with E-state index in [2.05, 4.69) is 10.6 Å². The van der Waals surface area contributed by atoms with Gasteiger partial charge in [-0.3, -0.25) is 9.59 Å². The SMILES string of the molecule is O=C(NCCc1ccc(F)cc1)C(=O)NCCC1CCCCN1S(=O)(=O)c1ccccc1. The topological polar surface area (TPSA) is 95.6 Å². The average molecular weight is 462 g/mol. The van der Waals surface area contributed by atoms with Crippen molar-refractivity contribution >= 4 is 21.8 Å². The van der Waals surface area contributed by atoms with E-state index in [0.717, 1.165) is 18.4 Å². The number of halogens is 1. The minimum atomic E-state index is -3.60. The maximum absolute atomic E-state index is 13.0. The summed E-state index contributed by atoms with van der Waals surface area (Å²) in [7, 11) is -3.60. The summed E-state index contributed by atoms with van der Waals surface area (Å²) in [5, 5.41) is 5.11. The molecular formula is C23H28FN3O4S. The van der Waals surface area contributed by atoms with Crippen molar-refractivity contribution in [2.24, 2.45) is 0 Å². The fourth-order valence-electron chi connectivity index (χ4n) is 3.79. The van der Waals surface area contributed by atoms with E-state index in [-0.39, 0.29) is 29.8 Å². The van der Waals surface area contributed by atoms with Gasteiger partial charge in [0.2, 0.25) is 10.0 Å². The standard InChI is InChI=1S/C23H28FN3O4S/c24-19-11-9-18(10-12-19)13-15-25-22(28)23(29)26-16-14-20-6-4-5-17-27(20)32(30,31)21-7-2-1-3-8-21/h1-3,7-12,20H,4-6,13-17H2,(H,25,28)(H,26,29). The van der Waals surface area contributed by atoms with Crippen molar-refractivity contribution in [3.05, 3.63) is 66.0 Å². The predicted octanol–water partition coefficient (Wildman–Crippen LogP) is 2.23. The Morgan fingerprint density at radius 1 is 0.938 bits per heavy atom. The maximum Gasteiger partial charge on any atom is 0.309 e. The number of piperidine rings is 1. The summed E-state index contributed by atoms with van der Waals surface area (Å²) in [5.41, 5.74) is 0.851. The first-order chi connectivity index (χ1) is 15.4. The van der Waals surface area contributed by atoms with Crippen molar-refractivity contribution in [1.29, 1.82) is 0 Å². The Morgan fingerprint density at radius 2 is 1.59 bits per heavy atom. The molecule has 2 aromatic carbocycles. The number of rotatable bonds is 8. The van der Waals surface area contributed by atoms with Gasteiger partial charge in [-0.05, 0) is 55.5 Å². The van der Waals surface area contributed by atoms with Crippen LogP contribution in [-0.4, -0.2) is 50.2 Å². The molecule has 1 unspecified atom stereocenters. The van der Waals surface area contributed by atoms with Gasteiger partial charge in [0, 0.05) is 25.7 Å². The summed E-state index contributed by atoms with van der Waals surface area (Å²) >= 11 is 0. The molecule has 7 nitrogen and oxygen atoms in total. The van der Waals surface area contributed by atoms with Gasteiger partial charge in [-0.25, -0.2) is 12.8 Å². The van der Waals surface area contributed by atoms with Crippen LogP contribution < -0.4 is 10.6 Å². The Hall–Kier alpha value is -2.78. The lowest BCUT2D eigenvalue weighted by atomic mass is 10.0. The molecule has 3 rings (SSSR count). The molecule has 172 valence electrons. The third-order valence-corrected chi connectivity index (χ3v) is 7.47. The molecule has 1 aliphatic rings. The van der Waals surface area contributed by atoms with Gasteiger partial charge in [0.1, 0.15) is 5.82 Å². The van der Waals surface area contributed by atoms with E-state index < -0.39 is 21.8 Å². The van der Waals surface area contributed by atoms with E-state index in [1.165, 1.54) is 16.4 Å². The second kappa shape index (κ2) is 11.2. The number of nitrogens with one attached hydrogen (secondary N) is 2. The van der Waals surface area contributed by atoms with Crippen molar-refractivity contribution in [2.45, 2.75) is 43.0 Å². The van der Waals surface area contributed by atoms with Crippen LogP contribution in [0.3, 0.4) is 0 Å². The van der Waals surface area contributed by atoms with E-state index >= 15 is 0 Å². The third-order valence-electron chi connectivity index (χ3n) is 5.50. The number of benzene rings is 2. The summed E-state index contributed by atoms with van der Waals surface area (Å²) < 4.78 is 40.4. The zero-order valence-electron chi connectivity index (χ0n) is 17.8. The Balaban J connectivity index is 1.46. The minimum Gasteiger partial charge on any atom is -0.348 e. The van der Waals surface area contributed by atoms with Gasteiger partial charge in [0.25, 0.3) is 0 Å². The quantitative estimate of drug-likeness (QED) is 0.590. The highest BCUT2D eigenvalue weighted by Crippen LogP contribution is 2.26. The molecule has 9 heteroatoms. The molecule has 0 saturated carbocycles. The molecule has 0 aromatic heterocycles. The van der Waals surface area contributed by atoms with E-state index in [9.17, 15) is 22.4 Å². The Labute approximate surface area is 188 Å². The zero-order valence-corrected chi connectivity index (χ0v) is 18.6. The number of hydrogen-bond acceptors (Lipinski definition) is 4. The van der Waals surface area contributed by atoms with Crippen LogP contribution >= 0.6 is 0 Å². The highest BCUT2D eigenvalue weighted by Gasteiger charge is 2.33. The minimum absolute atomic E-state index is 0.204. The zero-order chi connectivity index (χ0) is 23.0. The van der Waals surface area contributed by atoms with Crippen LogP contribution in [0.15, 0.2) is 59.5 Å². The Morgan fingerprint density at radius 3 is 2.28 bits per heavy atom. The van der Waals surface area contributed by atoms with Gasteiger partial charge < -0.3 is 10.6 Å². The van der Waals surface area contributed by atoms with Gasteiger partial charge in [-0.2, -0.15) is 4.31 Å². The van der Waals surface area contributed by atoms with Gasteiger partial charge in [0.05, 0.1) is 4.90 Å². The van der Waals surface area contributed by atoms with E-state index in [4.69, 9.17) is 0 Å². The molecule has 2 aromatic rings. The molecule has 2 amide bonds. The summed E-state index contributed by atoms with van der Waals surface area (Å²) in [5.74, 6) is -1.83. The van der Waals surface area contributed by atoms with E-state index in [0.29, 0.717) is 25.8 Å². The number of amides is 2. The van der Waals surface area contributed by atoms with Crippen LogP contribution in [0.2, 0.25) is 0 Å². The summed E-state index contributed by atoms with van der Waals surface area (Å²) in [6.45, 7) is 0.902. The highest BCUT2D eigenvalue weighted by molar-refractivity contribution is 7.89. The largest absolute Gasteiger partial charge is 0.348 e. The first-order valence-electron chi connectivity index (χ1n) is 10.8. The molecule has 0 radical (unpaired) electrons. The highest BCUT2D eigenvalue weighted by atomic mass is 32.2. The van der Waals surface area contributed by atoms with Crippen molar-refractivity contribution in [3.8, 4) is 0 Å². The summed E-state index contributed by atoms with van der Waals surface area (Å²) in [6.07, 6.45) is 3.34. The smallest absolute Gasteiger partial charge is 0.309 e. The number of nitrogens with zero attached hydrogens (tertiary/aromatic N) is 1. The molecular weight excluding hydrogens is 433 g/mol. The van der Waals surface area contributed by atoms with Gasteiger partial charge in [-0.1, -0.05) is 36.8 Å².